The first-order valence-electron chi connectivity index (χ1n) is 6.05. The first-order chi connectivity index (χ1) is 8.57. The standard InChI is InChI=1S/C13H16F3NO/c14-13(15,16)12-6-2-1-4-10(12)8-17-9-11-5-3-7-18-11/h1-2,4,6,11,17H,3,5,7-9H2. The molecule has 1 atom stereocenters. The van der Waals surface area contributed by atoms with E-state index in [9.17, 15) is 13.2 Å². The van der Waals surface area contributed by atoms with Crippen LogP contribution in [0.15, 0.2) is 24.3 Å². The molecular weight excluding hydrogens is 243 g/mol. The fraction of sp³-hybridized carbons (Fsp3) is 0.538. The topological polar surface area (TPSA) is 21.3 Å². The lowest BCUT2D eigenvalue weighted by atomic mass is 10.1. The van der Waals surface area contributed by atoms with Crippen molar-refractivity contribution in [1.82, 2.24) is 5.32 Å². The number of nitrogens with one attached hydrogen (secondary N) is 1. The van der Waals surface area contributed by atoms with Gasteiger partial charge in [-0.25, -0.2) is 0 Å². The number of benzene rings is 1. The number of hydrogen-bond acceptors (Lipinski definition) is 2. The second-order valence-corrected chi connectivity index (χ2v) is 4.42. The van der Waals surface area contributed by atoms with Gasteiger partial charge < -0.3 is 10.1 Å². The molecule has 1 saturated heterocycles. The molecular formula is C13H16F3NO. The quantitative estimate of drug-likeness (QED) is 0.897. The number of rotatable bonds is 4. The molecule has 1 aromatic carbocycles. The minimum absolute atomic E-state index is 0.142. The highest BCUT2D eigenvalue weighted by atomic mass is 19.4. The third kappa shape index (κ3) is 3.46. The van der Waals surface area contributed by atoms with Gasteiger partial charge in [-0.1, -0.05) is 18.2 Å². The minimum atomic E-state index is -4.29. The fourth-order valence-electron chi connectivity index (χ4n) is 2.12. The van der Waals surface area contributed by atoms with E-state index in [-0.39, 0.29) is 18.2 Å². The van der Waals surface area contributed by atoms with Crippen LogP contribution in [-0.2, 0) is 17.5 Å². The summed E-state index contributed by atoms with van der Waals surface area (Å²) in [5, 5.41) is 3.03. The molecule has 2 nitrogen and oxygen atoms in total. The average Bonchev–Trinajstić information content (AvgIpc) is 2.81. The van der Waals surface area contributed by atoms with Gasteiger partial charge in [0.2, 0.25) is 0 Å². The van der Waals surface area contributed by atoms with Crippen molar-refractivity contribution < 1.29 is 17.9 Å². The van der Waals surface area contributed by atoms with E-state index in [0.717, 1.165) is 25.5 Å². The van der Waals surface area contributed by atoms with E-state index in [2.05, 4.69) is 5.32 Å². The Labute approximate surface area is 104 Å². The first kappa shape index (κ1) is 13.4. The molecule has 1 aliphatic heterocycles. The van der Waals surface area contributed by atoms with Crippen LogP contribution in [0.3, 0.4) is 0 Å². The molecule has 0 saturated carbocycles. The van der Waals surface area contributed by atoms with Crippen LogP contribution < -0.4 is 5.32 Å². The van der Waals surface area contributed by atoms with Crippen LogP contribution in [-0.4, -0.2) is 19.3 Å². The predicted molar refractivity (Wildman–Crippen MR) is 62.1 cm³/mol. The van der Waals surface area contributed by atoms with Crippen molar-refractivity contribution in [3.63, 3.8) is 0 Å². The second kappa shape index (κ2) is 5.71. The van der Waals surface area contributed by atoms with Crippen molar-refractivity contribution in [3.05, 3.63) is 35.4 Å². The Kier molecular flexibility index (Phi) is 4.24. The van der Waals surface area contributed by atoms with Gasteiger partial charge in [0.1, 0.15) is 0 Å². The normalized spacial score (nSPS) is 20.3. The van der Waals surface area contributed by atoms with E-state index in [0.29, 0.717) is 6.54 Å². The van der Waals surface area contributed by atoms with Crippen LogP contribution in [0.2, 0.25) is 0 Å². The summed E-state index contributed by atoms with van der Waals surface area (Å²) in [4.78, 5) is 0. The molecule has 100 valence electrons. The molecule has 18 heavy (non-hydrogen) atoms. The SMILES string of the molecule is FC(F)(F)c1ccccc1CNCC1CCCO1. The van der Waals surface area contributed by atoms with Crippen LogP contribution in [0.25, 0.3) is 0 Å². The summed E-state index contributed by atoms with van der Waals surface area (Å²) in [7, 11) is 0. The van der Waals surface area contributed by atoms with Gasteiger partial charge in [0.15, 0.2) is 0 Å². The Hall–Kier alpha value is -1.07. The molecule has 5 heteroatoms. The molecule has 1 aliphatic rings. The lowest BCUT2D eigenvalue weighted by Crippen LogP contribution is -2.26. The van der Waals surface area contributed by atoms with Gasteiger partial charge in [-0.3, -0.25) is 0 Å². The predicted octanol–water partition coefficient (Wildman–Crippen LogP) is 2.97. The van der Waals surface area contributed by atoms with Crippen molar-refractivity contribution in [3.8, 4) is 0 Å². The van der Waals surface area contributed by atoms with Gasteiger partial charge in [-0.05, 0) is 24.5 Å². The average molecular weight is 259 g/mol. The largest absolute Gasteiger partial charge is 0.416 e. The van der Waals surface area contributed by atoms with Crippen LogP contribution in [0.1, 0.15) is 24.0 Å². The summed E-state index contributed by atoms with van der Waals surface area (Å²) in [6.45, 7) is 1.58. The van der Waals surface area contributed by atoms with Gasteiger partial charge in [-0.15, -0.1) is 0 Å². The van der Waals surface area contributed by atoms with Crippen molar-refractivity contribution in [2.45, 2.75) is 31.7 Å². The summed E-state index contributed by atoms with van der Waals surface area (Å²) in [6, 6.07) is 5.65. The van der Waals surface area contributed by atoms with E-state index in [4.69, 9.17) is 4.74 Å². The van der Waals surface area contributed by atoms with Crippen LogP contribution >= 0.6 is 0 Å². The highest BCUT2D eigenvalue weighted by molar-refractivity contribution is 5.29. The minimum Gasteiger partial charge on any atom is -0.377 e. The molecule has 0 radical (unpaired) electrons. The van der Waals surface area contributed by atoms with Gasteiger partial charge in [0.25, 0.3) is 0 Å². The molecule has 0 bridgehead atoms. The molecule has 0 amide bonds. The third-order valence-corrected chi connectivity index (χ3v) is 3.03. The lowest BCUT2D eigenvalue weighted by Gasteiger charge is -2.14. The Morgan fingerprint density at radius 1 is 1.28 bits per heavy atom. The molecule has 1 fully saturated rings. The smallest absolute Gasteiger partial charge is 0.377 e. The summed E-state index contributed by atoms with van der Waals surface area (Å²) in [5.41, 5.74) is -0.284. The van der Waals surface area contributed by atoms with E-state index in [1.807, 2.05) is 0 Å². The number of alkyl halides is 3. The summed E-state index contributed by atoms with van der Waals surface area (Å²) in [5.74, 6) is 0. The molecule has 0 spiro atoms. The van der Waals surface area contributed by atoms with Crippen molar-refractivity contribution in [2.24, 2.45) is 0 Å². The number of halogens is 3. The second-order valence-electron chi connectivity index (χ2n) is 4.42. The van der Waals surface area contributed by atoms with E-state index < -0.39 is 11.7 Å². The zero-order valence-corrected chi connectivity index (χ0v) is 9.96. The number of ether oxygens (including phenoxy) is 1. The molecule has 0 aliphatic carbocycles. The molecule has 0 aromatic heterocycles. The monoisotopic (exact) mass is 259 g/mol. The molecule has 1 heterocycles. The van der Waals surface area contributed by atoms with Crippen molar-refractivity contribution in [1.29, 1.82) is 0 Å². The third-order valence-electron chi connectivity index (χ3n) is 3.03. The van der Waals surface area contributed by atoms with Crippen LogP contribution in [0.5, 0.6) is 0 Å². The molecule has 1 unspecified atom stereocenters. The van der Waals surface area contributed by atoms with Gasteiger partial charge >= 0.3 is 6.18 Å². The van der Waals surface area contributed by atoms with Crippen LogP contribution in [0, 0.1) is 0 Å². The summed E-state index contributed by atoms with van der Waals surface area (Å²) >= 11 is 0. The Balaban J connectivity index is 1.92. The fourth-order valence-corrected chi connectivity index (χ4v) is 2.12. The molecule has 2 rings (SSSR count). The van der Waals surface area contributed by atoms with Crippen molar-refractivity contribution >= 4 is 0 Å². The van der Waals surface area contributed by atoms with Gasteiger partial charge in [0, 0.05) is 19.7 Å². The number of hydrogen-bond donors (Lipinski definition) is 1. The Morgan fingerprint density at radius 3 is 2.72 bits per heavy atom. The van der Waals surface area contributed by atoms with E-state index >= 15 is 0 Å². The van der Waals surface area contributed by atoms with E-state index in [1.165, 1.54) is 12.1 Å². The highest BCUT2D eigenvalue weighted by Gasteiger charge is 2.32. The maximum Gasteiger partial charge on any atom is 0.416 e. The lowest BCUT2D eigenvalue weighted by molar-refractivity contribution is -0.138. The zero-order chi connectivity index (χ0) is 13.0. The van der Waals surface area contributed by atoms with Gasteiger partial charge in [-0.2, -0.15) is 13.2 Å². The summed E-state index contributed by atoms with van der Waals surface area (Å²) < 4.78 is 43.6. The van der Waals surface area contributed by atoms with Crippen LogP contribution in [0.4, 0.5) is 13.2 Å². The van der Waals surface area contributed by atoms with E-state index in [1.54, 1.807) is 6.07 Å². The van der Waals surface area contributed by atoms with Gasteiger partial charge in [0.05, 0.1) is 11.7 Å². The maximum absolute atomic E-state index is 12.7. The highest BCUT2D eigenvalue weighted by Crippen LogP contribution is 2.31. The van der Waals surface area contributed by atoms with Crippen molar-refractivity contribution in [2.75, 3.05) is 13.2 Å². The maximum atomic E-state index is 12.7. The summed E-state index contributed by atoms with van der Waals surface area (Å²) in [6.07, 6.45) is -2.13. The molecule has 1 N–H and O–H groups in total. The Morgan fingerprint density at radius 2 is 2.06 bits per heavy atom. The first-order valence-corrected chi connectivity index (χ1v) is 6.05. The zero-order valence-electron chi connectivity index (χ0n) is 9.96. The Bertz CT molecular complexity index is 386. The molecule has 1 aromatic rings.